The van der Waals surface area contributed by atoms with Gasteiger partial charge >= 0.3 is 0 Å². The normalized spacial score (nSPS) is 10.4. The van der Waals surface area contributed by atoms with E-state index in [0.717, 1.165) is 29.0 Å². The van der Waals surface area contributed by atoms with Gasteiger partial charge in [-0.3, -0.25) is 4.79 Å². The van der Waals surface area contributed by atoms with Crippen LogP contribution in [0, 0.1) is 0 Å². The molecule has 0 unspecified atom stereocenters. The van der Waals surface area contributed by atoms with Gasteiger partial charge in [-0.2, -0.15) is 0 Å². The molecular formula is C15H18BrN3OS. The van der Waals surface area contributed by atoms with Crippen LogP contribution < -0.4 is 10.6 Å². The van der Waals surface area contributed by atoms with Crippen LogP contribution in [-0.4, -0.2) is 24.0 Å². The summed E-state index contributed by atoms with van der Waals surface area (Å²) in [4.78, 5) is 17.5. The molecule has 0 aliphatic carbocycles. The van der Waals surface area contributed by atoms with E-state index in [-0.39, 0.29) is 5.91 Å². The second-order valence-electron chi connectivity index (χ2n) is 4.57. The molecule has 1 amide bonds. The summed E-state index contributed by atoms with van der Waals surface area (Å²) < 4.78 is 1.11. The fourth-order valence-corrected chi connectivity index (χ4v) is 3.26. The van der Waals surface area contributed by atoms with E-state index in [1.165, 1.54) is 4.88 Å². The number of hydrogen-bond acceptors (Lipinski definition) is 4. The molecular weight excluding hydrogens is 350 g/mol. The molecule has 0 fully saturated rings. The summed E-state index contributed by atoms with van der Waals surface area (Å²) in [5.74, 6) is 0.719. The van der Waals surface area contributed by atoms with E-state index in [2.05, 4.69) is 44.5 Å². The number of nitrogens with one attached hydrogen (secondary N) is 2. The Morgan fingerprint density at radius 3 is 2.76 bits per heavy atom. The first-order valence-electron chi connectivity index (χ1n) is 6.91. The number of anilines is 1. The van der Waals surface area contributed by atoms with Gasteiger partial charge in [0.25, 0.3) is 5.91 Å². The summed E-state index contributed by atoms with van der Waals surface area (Å²) in [6.07, 6.45) is 3.49. The van der Waals surface area contributed by atoms with Crippen LogP contribution in [0.4, 0.5) is 5.82 Å². The second kappa shape index (κ2) is 8.14. The van der Waals surface area contributed by atoms with E-state index >= 15 is 0 Å². The van der Waals surface area contributed by atoms with Crippen molar-refractivity contribution in [3.05, 3.63) is 44.7 Å². The largest absolute Gasteiger partial charge is 0.370 e. The van der Waals surface area contributed by atoms with Gasteiger partial charge < -0.3 is 10.6 Å². The Balaban J connectivity index is 1.79. The summed E-state index contributed by atoms with van der Waals surface area (Å²) in [5, 5.41) is 6.09. The molecule has 0 aromatic carbocycles. The van der Waals surface area contributed by atoms with Crippen molar-refractivity contribution in [2.45, 2.75) is 19.8 Å². The number of halogens is 1. The number of aromatic nitrogens is 1. The first-order chi connectivity index (χ1) is 10.2. The molecule has 0 atom stereocenters. The lowest BCUT2D eigenvalue weighted by Crippen LogP contribution is -2.25. The van der Waals surface area contributed by atoms with Crippen molar-refractivity contribution in [2.75, 3.05) is 18.4 Å². The fraction of sp³-hybridized carbons (Fsp3) is 0.333. The van der Waals surface area contributed by atoms with Gasteiger partial charge in [0, 0.05) is 24.2 Å². The minimum Gasteiger partial charge on any atom is -0.370 e. The number of pyridine rings is 1. The highest BCUT2D eigenvalue weighted by atomic mass is 79.9. The Labute approximate surface area is 137 Å². The molecule has 2 rings (SSSR count). The van der Waals surface area contributed by atoms with E-state index in [1.54, 1.807) is 23.6 Å². The van der Waals surface area contributed by atoms with Crippen molar-refractivity contribution in [2.24, 2.45) is 0 Å². The molecule has 2 aromatic rings. The van der Waals surface area contributed by atoms with Crippen molar-refractivity contribution >= 4 is 39.0 Å². The Bertz CT molecular complexity index is 583. The van der Waals surface area contributed by atoms with Crippen LogP contribution in [0.1, 0.15) is 28.6 Å². The third-order valence-electron chi connectivity index (χ3n) is 2.87. The van der Waals surface area contributed by atoms with Crippen molar-refractivity contribution in [1.82, 2.24) is 10.3 Å². The van der Waals surface area contributed by atoms with Crippen molar-refractivity contribution in [1.29, 1.82) is 0 Å². The van der Waals surface area contributed by atoms with Gasteiger partial charge in [-0.1, -0.05) is 6.92 Å². The van der Waals surface area contributed by atoms with Crippen molar-refractivity contribution in [3.8, 4) is 0 Å². The van der Waals surface area contributed by atoms with E-state index in [9.17, 15) is 4.79 Å². The Kier molecular flexibility index (Phi) is 6.20. The monoisotopic (exact) mass is 367 g/mol. The Hall–Kier alpha value is -1.40. The number of thiophene rings is 1. The lowest BCUT2D eigenvalue weighted by Gasteiger charge is -2.06. The number of nitrogens with zero attached hydrogens (tertiary/aromatic N) is 1. The first kappa shape index (κ1) is 16.0. The van der Waals surface area contributed by atoms with Gasteiger partial charge in [-0.05, 0) is 53.0 Å². The second-order valence-corrected chi connectivity index (χ2v) is 7.12. The molecule has 0 aliphatic heterocycles. The summed E-state index contributed by atoms with van der Waals surface area (Å²) in [6, 6.07) is 7.72. The van der Waals surface area contributed by atoms with E-state index < -0.39 is 0 Å². The zero-order valence-electron chi connectivity index (χ0n) is 11.9. The molecule has 6 heteroatoms. The minimum atomic E-state index is -0.0832. The Morgan fingerprint density at radius 1 is 1.29 bits per heavy atom. The maximum absolute atomic E-state index is 12.0. The number of amides is 1. The predicted octanol–water partition coefficient (Wildman–Crippen LogP) is 3.70. The van der Waals surface area contributed by atoms with Crippen LogP contribution in [0.25, 0.3) is 0 Å². The van der Waals surface area contributed by atoms with Crippen molar-refractivity contribution < 1.29 is 4.79 Å². The molecule has 2 heterocycles. The van der Waals surface area contributed by atoms with Gasteiger partial charge in [0.1, 0.15) is 5.82 Å². The van der Waals surface area contributed by atoms with Crippen molar-refractivity contribution in [3.63, 3.8) is 0 Å². The lowest BCUT2D eigenvalue weighted by molar-refractivity contribution is 0.0954. The zero-order valence-corrected chi connectivity index (χ0v) is 14.3. The molecule has 4 nitrogen and oxygen atoms in total. The first-order valence-corrected chi connectivity index (χ1v) is 8.52. The number of rotatable bonds is 7. The van der Waals surface area contributed by atoms with E-state index in [4.69, 9.17) is 0 Å². The topological polar surface area (TPSA) is 54.0 Å². The SMILES string of the molecule is CCCNc1ccc(C(=O)NCCc2ccc(Br)s2)cn1. The molecule has 2 N–H and O–H groups in total. The van der Waals surface area contributed by atoms with E-state index in [1.807, 2.05) is 12.1 Å². The Morgan fingerprint density at radius 2 is 2.14 bits per heavy atom. The molecule has 21 heavy (non-hydrogen) atoms. The summed E-state index contributed by atoms with van der Waals surface area (Å²) >= 11 is 5.12. The summed E-state index contributed by atoms with van der Waals surface area (Å²) in [7, 11) is 0. The smallest absolute Gasteiger partial charge is 0.252 e. The van der Waals surface area contributed by atoms with Crippen LogP contribution in [0.3, 0.4) is 0 Å². The molecule has 0 aliphatic rings. The maximum Gasteiger partial charge on any atom is 0.252 e. The van der Waals surface area contributed by atoms with E-state index in [0.29, 0.717) is 12.1 Å². The molecule has 0 radical (unpaired) electrons. The van der Waals surface area contributed by atoms with Gasteiger partial charge in [0.05, 0.1) is 9.35 Å². The van der Waals surface area contributed by atoms with Crippen LogP contribution in [-0.2, 0) is 6.42 Å². The minimum absolute atomic E-state index is 0.0832. The predicted molar refractivity (Wildman–Crippen MR) is 91.1 cm³/mol. The average molecular weight is 368 g/mol. The molecule has 112 valence electrons. The zero-order chi connectivity index (χ0) is 15.1. The summed E-state index contributed by atoms with van der Waals surface area (Å²) in [6.45, 7) is 3.61. The number of carbonyl (C=O) groups is 1. The molecule has 0 bridgehead atoms. The molecule has 0 saturated heterocycles. The highest BCUT2D eigenvalue weighted by Gasteiger charge is 2.06. The standard InChI is InChI=1S/C15H18BrN3OS/c1-2-8-17-14-6-3-11(10-19-14)15(20)18-9-7-12-4-5-13(16)21-12/h3-6,10H,2,7-9H2,1H3,(H,17,19)(H,18,20). The van der Waals surface area contributed by atoms with Crippen LogP contribution >= 0.6 is 27.3 Å². The fourth-order valence-electron chi connectivity index (χ4n) is 1.77. The average Bonchev–Trinajstić information content (AvgIpc) is 2.91. The molecule has 0 saturated carbocycles. The lowest BCUT2D eigenvalue weighted by atomic mass is 10.2. The van der Waals surface area contributed by atoms with Gasteiger partial charge in [-0.15, -0.1) is 11.3 Å². The van der Waals surface area contributed by atoms with Crippen LogP contribution in [0.5, 0.6) is 0 Å². The third-order valence-corrected chi connectivity index (χ3v) is 4.55. The highest BCUT2D eigenvalue weighted by Crippen LogP contribution is 2.22. The summed E-state index contributed by atoms with van der Waals surface area (Å²) in [5.41, 5.74) is 0.587. The van der Waals surface area contributed by atoms with Gasteiger partial charge in [-0.25, -0.2) is 4.98 Å². The number of carbonyl (C=O) groups excluding carboxylic acids is 1. The van der Waals surface area contributed by atoms with Crippen LogP contribution in [0.2, 0.25) is 0 Å². The quantitative estimate of drug-likeness (QED) is 0.784. The molecule has 2 aromatic heterocycles. The number of hydrogen-bond donors (Lipinski definition) is 2. The van der Waals surface area contributed by atoms with Gasteiger partial charge in [0.15, 0.2) is 0 Å². The van der Waals surface area contributed by atoms with Crippen LogP contribution in [0.15, 0.2) is 34.2 Å². The van der Waals surface area contributed by atoms with Gasteiger partial charge in [0.2, 0.25) is 0 Å². The third kappa shape index (κ3) is 5.13. The maximum atomic E-state index is 12.0. The highest BCUT2D eigenvalue weighted by molar-refractivity contribution is 9.11. The molecule has 0 spiro atoms.